The van der Waals surface area contributed by atoms with Crippen molar-refractivity contribution in [3.05, 3.63) is 41.4 Å². The molecular formula is C10H7NO3S. The van der Waals surface area contributed by atoms with E-state index in [4.69, 9.17) is 9.84 Å². The number of benzene rings is 1. The van der Waals surface area contributed by atoms with Gasteiger partial charge < -0.3 is 9.84 Å². The van der Waals surface area contributed by atoms with E-state index in [1.54, 1.807) is 12.1 Å². The molecule has 0 unspecified atom stereocenters. The van der Waals surface area contributed by atoms with Crippen molar-refractivity contribution in [1.82, 2.24) is 4.98 Å². The zero-order chi connectivity index (χ0) is 10.7. The monoisotopic (exact) mass is 221 g/mol. The van der Waals surface area contributed by atoms with Gasteiger partial charge in [0.2, 0.25) is 0 Å². The van der Waals surface area contributed by atoms with Crippen LogP contribution >= 0.6 is 11.3 Å². The van der Waals surface area contributed by atoms with Gasteiger partial charge in [0.1, 0.15) is 10.6 Å². The quantitative estimate of drug-likeness (QED) is 0.865. The Kier molecular flexibility index (Phi) is 2.64. The highest BCUT2D eigenvalue weighted by Crippen LogP contribution is 2.25. The Hall–Kier alpha value is -1.88. The Labute approximate surface area is 89.8 Å². The molecule has 0 fully saturated rings. The minimum Gasteiger partial charge on any atom is -0.477 e. The summed E-state index contributed by atoms with van der Waals surface area (Å²) in [6.07, 6.45) is 1.28. The van der Waals surface area contributed by atoms with Gasteiger partial charge in [0.15, 0.2) is 0 Å². The SMILES string of the molecule is O=C(O)c1cnc(Oc2ccccc2)s1. The summed E-state index contributed by atoms with van der Waals surface area (Å²) in [5.74, 6) is -0.348. The van der Waals surface area contributed by atoms with Gasteiger partial charge in [0, 0.05) is 0 Å². The molecule has 1 aromatic carbocycles. The van der Waals surface area contributed by atoms with Gasteiger partial charge in [0.05, 0.1) is 6.20 Å². The highest BCUT2D eigenvalue weighted by Gasteiger charge is 2.09. The van der Waals surface area contributed by atoms with Gasteiger partial charge in [-0.05, 0) is 12.1 Å². The molecule has 2 rings (SSSR count). The molecule has 1 heterocycles. The van der Waals surface area contributed by atoms with E-state index < -0.39 is 5.97 Å². The first kappa shape index (κ1) is 9.67. The van der Waals surface area contributed by atoms with E-state index in [1.807, 2.05) is 18.2 Å². The Morgan fingerprint density at radius 1 is 1.33 bits per heavy atom. The summed E-state index contributed by atoms with van der Waals surface area (Å²) in [6, 6.07) is 9.10. The number of rotatable bonds is 3. The number of aromatic nitrogens is 1. The molecule has 0 bridgehead atoms. The number of para-hydroxylation sites is 1. The maximum absolute atomic E-state index is 10.6. The molecule has 0 aliphatic heterocycles. The van der Waals surface area contributed by atoms with Crippen molar-refractivity contribution in [1.29, 1.82) is 0 Å². The lowest BCUT2D eigenvalue weighted by Gasteiger charge is -1.98. The molecule has 5 heteroatoms. The molecule has 1 N–H and O–H groups in total. The number of aromatic carboxylic acids is 1. The average Bonchev–Trinajstić information content (AvgIpc) is 2.68. The van der Waals surface area contributed by atoms with Crippen molar-refractivity contribution < 1.29 is 14.6 Å². The molecule has 0 amide bonds. The molecule has 1 aromatic heterocycles. The van der Waals surface area contributed by atoms with E-state index in [9.17, 15) is 4.79 Å². The Morgan fingerprint density at radius 2 is 2.07 bits per heavy atom. The van der Waals surface area contributed by atoms with Crippen LogP contribution < -0.4 is 4.74 Å². The average molecular weight is 221 g/mol. The van der Waals surface area contributed by atoms with Crippen LogP contribution in [0.2, 0.25) is 0 Å². The minimum atomic E-state index is -0.990. The molecule has 0 aliphatic carbocycles. The predicted molar refractivity (Wildman–Crippen MR) is 55.6 cm³/mol. The van der Waals surface area contributed by atoms with Crippen LogP contribution in [0.15, 0.2) is 36.5 Å². The summed E-state index contributed by atoms with van der Waals surface area (Å²) in [7, 11) is 0. The molecule has 0 saturated heterocycles. The number of hydrogen-bond donors (Lipinski definition) is 1. The molecule has 0 saturated carbocycles. The van der Waals surface area contributed by atoms with Gasteiger partial charge in [0.25, 0.3) is 5.19 Å². The van der Waals surface area contributed by atoms with E-state index in [-0.39, 0.29) is 4.88 Å². The summed E-state index contributed by atoms with van der Waals surface area (Å²) in [5, 5.41) is 9.01. The molecule has 4 nitrogen and oxygen atoms in total. The van der Waals surface area contributed by atoms with Crippen LogP contribution in [-0.2, 0) is 0 Å². The summed E-state index contributed by atoms with van der Waals surface area (Å²) >= 11 is 1.00. The first-order valence-electron chi connectivity index (χ1n) is 4.18. The molecule has 0 radical (unpaired) electrons. The van der Waals surface area contributed by atoms with Gasteiger partial charge >= 0.3 is 5.97 Å². The third-order valence-electron chi connectivity index (χ3n) is 1.64. The molecule has 15 heavy (non-hydrogen) atoms. The Morgan fingerprint density at radius 3 is 2.67 bits per heavy atom. The molecule has 76 valence electrons. The summed E-state index contributed by atoms with van der Waals surface area (Å²) < 4.78 is 5.35. The minimum absolute atomic E-state index is 0.168. The highest BCUT2D eigenvalue weighted by atomic mass is 32.1. The van der Waals surface area contributed by atoms with Crippen LogP contribution in [0.1, 0.15) is 9.67 Å². The van der Waals surface area contributed by atoms with Crippen LogP contribution in [-0.4, -0.2) is 16.1 Å². The second-order valence-corrected chi connectivity index (χ2v) is 3.70. The van der Waals surface area contributed by atoms with Gasteiger partial charge in [-0.1, -0.05) is 29.5 Å². The second kappa shape index (κ2) is 4.10. The normalized spacial score (nSPS) is 9.87. The maximum atomic E-state index is 10.6. The van der Waals surface area contributed by atoms with Gasteiger partial charge in [-0.3, -0.25) is 0 Å². The van der Waals surface area contributed by atoms with Crippen molar-refractivity contribution in [2.75, 3.05) is 0 Å². The number of thiazole rings is 1. The molecule has 2 aromatic rings. The van der Waals surface area contributed by atoms with Crippen LogP contribution in [0.5, 0.6) is 10.9 Å². The fourth-order valence-electron chi connectivity index (χ4n) is 0.994. The Bertz CT molecular complexity index is 467. The van der Waals surface area contributed by atoms with E-state index in [1.165, 1.54) is 6.20 Å². The molecule has 0 spiro atoms. The van der Waals surface area contributed by atoms with Crippen LogP contribution in [0, 0.1) is 0 Å². The van der Waals surface area contributed by atoms with E-state index in [0.29, 0.717) is 10.9 Å². The summed E-state index contributed by atoms with van der Waals surface area (Å²) in [4.78, 5) is 14.6. The lowest BCUT2D eigenvalue weighted by molar-refractivity contribution is 0.0702. The van der Waals surface area contributed by atoms with Crippen molar-refractivity contribution in [2.24, 2.45) is 0 Å². The fraction of sp³-hybridized carbons (Fsp3) is 0. The van der Waals surface area contributed by atoms with Crippen molar-refractivity contribution in [2.45, 2.75) is 0 Å². The largest absolute Gasteiger partial charge is 0.477 e. The standard InChI is InChI=1S/C10H7NO3S/c12-9(13)8-6-11-10(15-8)14-7-4-2-1-3-5-7/h1-6H,(H,12,13). The van der Waals surface area contributed by atoms with Gasteiger partial charge in [-0.2, -0.15) is 0 Å². The van der Waals surface area contributed by atoms with Crippen molar-refractivity contribution in [3.8, 4) is 10.9 Å². The fourth-order valence-corrected chi connectivity index (χ4v) is 1.62. The zero-order valence-corrected chi connectivity index (χ0v) is 8.40. The smallest absolute Gasteiger partial charge is 0.347 e. The third kappa shape index (κ3) is 2.32. The first-order chi connectivity index (χ1) is 7.25. The van der Waals surface area contributed by atoms with Crippen molar-refractivity contribution >= 4 is 17.3 Å². The number of nitrogens with zero attached hydrogens (tertiary/aromatic N) is 1. The first-order valence-corrected chi connectivity index (χ1v) is 4.99. The zero-order valence-electron chi connectivity index (χ0n) is 7.58. The van der Waals surface area contributed by atoms with E-state index in [2.05, 4.69) is 4.98 Å². The topological polar surface area (TPSA) is 59.4 Å². The summed E-state index contributed by atoms with van der Waals surface area (Å²) in [6.45, 7) is 0. The van der Waals surface area contributed by atoms with Gasteiger partial charge in [-0.15, -0.1) is 0 Å². The number of carboxylic acid groups (broad SMARTS) is 1. The number of carboxylic acids is 1. The van der Waals surface area contributed by atoms with Crippen LogP contribution in [0.25, 0.3) is 0 Å². The molecular weight excluding hydrogens is 214 g/mol. The van der Waals surface area contributed by atoms with E-state index >= 15 is 0 Å². The lowest BCUT2D eigenvalue weighted by atomic mass is 10.3. The Balaban J connectivity index is 2.15. The van der Waals surface area contributed by atoms with Crippen molar-refractivity contribution in [3.63, 3.8) is 0 Å². The van der Waals surface area contributed by atoms with Crippen LogP contribution in [0.3, 0.4) is 0 Å². The summed E-state index contributed by atoms with van der Waals surface area (Å²) in [5.41, 5.74) is 0. The highest BCUT2D eigenvalue weighted by molar-refractivity contribution is 7.15. The second-order valence-electron chi connectivity index (χ2n) is 2.71. The third-order valence-corrected chi connectivity index (χ3v) is 2.51. The number of ether oxygens (including phenoxy) is 1. The molecule has 0 aliphatic rings. The lowest BCUT2D eigenvalue weighted by Crippen LogP contribution is -1.89. The van der Waals surface area contributed by atoms with Gasteiger partial charge in [-0.25, -0.2) is 9.78 Å². The number of carbonyl (C=O) groups is 1. The van der Waals surface area contributed by atoms with Crippen LogP contribution in [0.4, 0.5) is 0 Å². The molecule has 0 atom stereocenters. The number of hydrogen-bond acceptors (Lipinski definition) is 4. The maximum Gasteiger partial charge on any atom is 0.347 e. The van der Waals surface area contributed by atoms with E-state index in [0.717, 1.165) is 11.3 Å². The predicted octanol–water partition coefficient (Wildman–Crippen LogP) is 2.63.